The summed E-state index contributed by atoms with van der Waals surface area (Å²) < 4.78 is 11.3. The molecule has 1 atom stereocenters. The van der Waals surface area contributed by atoms with E-state index in [9.17, 15) is 4.79 Å². The Hall–Kier alpha value is -3.54. The number of hydrogen-bond acceptors (Lipinski definition) is 4. The van der Waals surface area contributed by atoms with E-state index in [-0.39, 0.29) is 30.2 Å². The summed E-state index contributed by atoms with van der Waals surface area (Å²) in [6, 6.07) is 20.4. The minimum atomic E-state index is -0.282. The van der Waals surface area contributed by atoms with Gasteiger partial charge in [0.2, 0.25) is 0 Å². The van der Waals surface area contributed by atoms with Gasteiger partial charge in [0.25, 0.3) is 5.91 Å². The van der Waals surface area contributed by atoms with Gasteiger partial charge in [0.15, 0.2) is 5.76 Å². The number of nitrogens with one attached hydrogen (secondary N) is 2. The average molecular weight is 389 g/mol. The number of para-hydroxylation sites is 3. The van der Waals surface area contributed by atoms with E-state index < -0.39 is 0 Å². The topological polar surface area (TPSA) is 80.2 Å². The van der Waals surface area contributed by atoms with Crippen molar-refractivity contribution in [3.8, 4) is 5.75 Å². The molecule has 0 aliphatic rings. The summed E-state index contributed by atoms with van der Waals surface area (Å²) in [5, 5.41) is 3.03. The van der Waals surface area contributed by atoms with Gasteiger partial charge in [-0.3, -0.25) is 4.79 Å². The standard InChI is InChI=1S/C23H23N3O3/c1-15(2)21(22-24-18-10-6-7-11-19(18)25-22)26-23(27)20-13-12-17(29-20)14-28-16-8-4-3-5-9-16/h3-13,15,21H,14H2,1-2H3,(H,24,25)(H,26,27). The van der Waals surface area contributed by atoms with E-state index in [0.717, 1.165) is 22.6 Å². The first kappa shape index (κ1) is 18.8. The zero-order valence-electron chi connectivity index (χ0n) is 16.4. The summed E-state index contributed by atoms with van der Waals surface area (Å²) in [6.07, 6.45) is 0. The minimum Gasteiger partial charge on any atom is -0.486 e. The normalized spacial score (nSPS) is 12.2. The van der Waals surface area contributed by atoms with Crippen LogP contribution in [0.25, 0.3) is 11.0 Å². The van der Waals surface area contributed by atoms with Crippen LogP contribution in [-0.4, -0.2) is 15.9 Å². The molecule has 4 aromatic rings. The Labute approximate surface area is 168 Å². The number of fused-ring (bicyclic) bond motifs is 1. The first-order valence-corrected chi connectivity index (χ1v) is 9.62. The molecule has 2 aromatic heterocycles. The highest BCUT2D eigenvalue weighted by Gasteiger charge is 2.24. The van der Waals surface area contributed by atoms with Crippen LogP contribution in [0.1, 0.15) is 42.0 Å². The number of aromatic amines is 1. The molecule has 2 heterocycles. The molecule has 1 unspecified atom stereocenters. The number of hydrogen-bond donors (Lipinski definition) is 2. The Morgan fingerprint density at radius 1 is 1.07 bits per heavy atom. The fraction of sp³-hybridized carbons (Fsp3) is 0.217. The van der Waals surface area contributed by atoms with E-state index >= 15 is 0 Å². The third kappa shape index (κ3) is 4.32. The van der Waals surface area contributed by atoms with Crippen molar-refractivity contribution in [2.24, 2.45) is 5.92 Å². The molecule has 0 bridgehead atoms. The number of amides is 1. The van der Waals surface area contributed by atoms with Crippen LogP contribution in [0.4, 0.5) is 0 Å². The minimum absolute atomic E-state index is 0.148. The predicted octanol–water partition coefficient (Wildman–Crippen LogP) is 4.86. The number of furan rings is 1. The molecule has 0 spiro atoms. The Balaban J connectivity index is 1.45. The molecule has 0 fully saturated rings. The van der Waals surface area contributed by atoms with Crippen LogP contribution in [-0.2, 0) is 6.61 Å². The molecule has 6 nitrogen and oxygen atoms in total. The van der Waals surface area contributed by atoms with Crippen molar-refractivity contribution in [1.29, 1.82) is 0 Å². The van der Waals surface area contributed by atoms with Crippen LogP contribution in [0.5, 0.6) is 5.75 Å². The number of carbonyl (C=O) groups excluding carboxylic acids is 1. The van der Waals surface area contributed by atoms with Gasteiger partial charge in [0, 0.05) is 0 Å². The van der Waals surface area contributed by atoms with E-state index in [1.165, 1.54) is 0 Å². The fourth-order valence-electron chi connectivity index (χ4n) is 3.13. The summed E-state index contributed by atoms with van der Waals surface area (Å²) in [5.41, 5.74) is 1.82. The average Bonchev–Trinajstić information content (AvgIpc) is 3.37. The monoisotopic (exact) mass is 389 g/mol. The van der Waals surface area contributed by atoms with Crippen molar-refractivity contribution in [3.63, 3.8) is 0 Å². The summed E-state index contributed by atoms with van der Waals surface area (Å²) in [6.45, 7) is 4.34. The van der Waals surface area contributed by atoms with Gasteiger partial charge in [-0.2, -0.15) is 0 Å². The largest absolute Gasteiger partial charge is 0.486 e. The van der Waals surface area contributed by atoms with Crippen LogP contribution in [0, 0.1) is 5.92 Å². The lowest BCUT2D eigenvalue weighted by Gasteiger charge is -2.19. The second kappa shape index (κ2) is 8.22. The Bertz CT molecular complexity index is 1070. The molecule has 0 saturated heterocycles. The third-order valence-electron chi connectivity index (χ3n) is 4.67. The maximum absolute atomic E-state index is 12.7. The lowest BCUT2D eigenvalue weighted by molar-refractivity contribution is 0.0891. The van der Waals surface area contributed by atoms with Gasteiger partial charge in [-0.1, -0.05) is 44.2 Å². The first-order valence-electron chi connectivity index (χ1n) is 9.62. The highest BCUT2D eigenvalue weighted by Crippen LogP contribution is 2.23. The van der Waals surface area contributed by atoms with Gasteiger partial charge < -0.3 is 19.5 Å². The maximum Gasteiger partial charge on any atom is 0.287 e. The number of H-pyrrole nitrogens is 1. The summed E-state index contributed by atoms with van der Waals surface area (Å²) >= 11 is 0. The predicted molar refractivity (Wildman–Crippen MR) is 111 cm³/mol. The fourth-order valence-corrected chi connectivity index (χ4v) is 3.13. The van der Waals surface area contributed by atoms with Gasteiger partial charge in [-0.15, -0.1) is 0 Å². The van der Waals surface area contributed by atoms with Crippen LogP contribution in [0.2, 0.25) is 0 Å². The highest BCUT2D eigenvalue weighted by atomic mass is 16.5. The number of rotatable bonds is 7. The number of carbonyl (C=O) groups is 1. The Morgan fingerprint density at radius 2 is 1.83 bits per heavy atom. The van der Waals surface area contributed by atoms with E-state index in [0.29, 0.717) is 5.76 Å². The molecular weight excluding hydrogens is 366 g/mol. The molecule has 2 N–H and O–H groups in total. The van der Waals surface area contributed by atoms with Gasteiger partial charge in [0.05, 0.1) is 17.1 Å². The van der Waals surface area contributed by atoms with Crippen molar-refractivity contribution in [1.82, 2.24) is 15.3 Å². The second-order valence-corrected chi connectivity index (χ2v) is 7.20. The van der Waals surface area contributed by atoms with E-state index in [2.05, 4.69) is 15.3 Å². The van der Waals surface area contributed by atoms with Crippen molar-refractivity contribution < 1.29 is 13.9 Å². The van der Waals surface area contributed by atoms with Gasteiger partial charge >= 0.3 is 0 Å². The van der Waals surface area contributed by atoms with Gasteiger partial charge in [0.1, 0.15) is 23.9 Å². The summed E-state index contributed by atoms with van der Waals surface area (Å²) in [4.78, 5) is 20.7. The number of benzene rings is 2. The molecule has 2 aromatic carbocycles. The quantitative estimate of drug-likeness (QED) is 0.473. The zero-order chi connectivity index (χ0) is 20.2. The Morgan fingerprint density at radius 3 is 2.59 bits per heavy atom. The molecule has 4 rings (SSSR count). The van der Waals surface area contributed by atoms with Crippen molar-refractivity contribution >= 4 is 16.9 Å². The molecular formula is C23H23N3O3. The van der Waals surface area contributed by atoms with Crippen molar-refractivity contribution in [2.45, 2.75) is 26.5 Å². The second-order valence-electron chi connectivity index (χ2n) is 7.20. The summed E-state index contributed by atoms with van der Waals surface area (Å²) in [7, 11) is 0. The molecule has 0 saturated carbocycles. The van der Waals surface area contributed by atoms with Gasteiger partial charge in [-0.05, 0) is 42.3 Å². The van der Waals surface area contributed by atoms with E-state index in [4.69, 9.17) is 9.15 Å². The zero-order valence-corrected chi connectivity index (χ0v) is 16.4. The van der Waals surface area contributed by atoms with Gasteiger partial charge in [-0.25, -0.2) is 4.98 Å². The van der Waals surface area contributed by atoms with Crippen LogP contribution < -0.4 is 10.1 Å². The first-order chi connectivity index (χ1) is 14.1. The number of ether oxygens (including phenoxy) is 1. The molecule has 1 amide bonds. The maximum atomic E-state index is 12.7. The highest BCUT2D eigenvalue weighted by molar-refractivity contribution is 5.91. The number of imidazole rings is 1. The van der Waals surface area contributed by atoms with Crippen LogP contribution >= 0.6 is 0 Å². The van der Waals surface area contributed by atoms with Crippen LogP contribution in [0.3, 0.4) is 0 Å². The van der Waals surface area contributed by atoms with Crippen molar-refractivity contribution in [2.75, 3.05) is 0 Å². The van der Waals surface area contributed by atoms with Crippen LogP contribution in [0.15, 0.2) is 71.1 Å². The smallest absolute Gasteiger partial charge is 0.287 e. The number of nitrogens with zero attached hydrogens (tertiary/aromatic N) is 1. The molecule has 0 aliphatic heterocycles. The molecule has 148 valence electrons. The Kier molecular flexibility index (Phi) is 5.33. The molecule has 0 radical (unpaired) electrons. The third-order valence-corrected chi connectivity index (χ3v) is 4.67. The van der Waals surface area contributed by atoms with E-state index in [1.807, 2.05) is 68.4 Å². The number of aromatic nitrogens is 2. The summed E-state index contributed by atoms with van der Waals surface area (Å²) in [5.74, 6) is 2.18. The van der Waals surface area contributed by atoms with E-state index in [1.54, 1.807) is 12.1 Å². The molecule has 29 heavy (non-hydrogen) atoms. The SMILES string of the molecule is CC(C)C(NC(=O)c1ccc(COc2ccccc2)o1)c1nc2ccccc2[nH]1. The lowest BCUT2D eigenvalue weighted by atomic mass is 10.0. The molecule has 6 heteroatoms. The van der Waals surface area contributed by atoms with Crippen molar-refractivity contribution in [3.05, 3.63) is 84.1 Å². The lowest BCUT2D eigenvalue weighted by Crippen LogP contribution is -2.32. The molecule has 0 aliphatic carbocycles.